The van der Waals surface area contributed by atoms with E-state index in [1.165, 1.54) is 0 Å². The molecule has 1 N–H and O–H groups in total. The van der Waals surface area contributed by atoms with Crippen molar-refractivity contribution in [1.82, 2.24) is 5.32 Å². The summed E-state index contributed by atoms with van der Waals surface area (Å²) in [5, 5.41) is 5.65. The zero-order valence-corrected chi connectivity index (χ0v) is 13.8. The monoisotopic (exact) mass is 347 g/mol. The van der Waals surface area contributed by atoms with Gasteiger partial charge in [0.15, 0.2) is 0 Å². The summed E-state index contributed by atoms with van der Waals surface area (Å²) >= 11 is 24.7. The highest BCUT2D eigenvalue weighted by Gasteiger charge is 2.19. The fourth-order valence-electron chi connectivity index (χ4n) is 2.07. The number of benzene rings is 2. The molecule has 0 aliphatic rings. The van der Waals surface area contributed by atoms with Crippen LogP contribution < -0.4 is 5.32 Å². The van der Waals surface area contributed by atoms with Gasteiger partial charge in [-0.1, -0.05) is 65.5 Å². The van der Waals surface area contributed by atoms with E-state index >= 15 is 0 Å². The standard InChI is InChI=1S/C15H13Cl4N/c1-2-20-15(9-6-7-10(16)13(19)8-9)14-11(17)4-3-5-12(14)18/h3-8,15,20H,2H2,1H3. The van der Waals surface area contributed by atoms with Gasteiger partial charge in [0.2, 0.25) is 0 Å². The van der Waals surface area contributed by atoms with E-state index in [0.29, 0.717) is 20.1 Å². The molecule has 0 aromatic heterocycles. The van der Waals surface area contributed by atoms with Crippen LogP contribution in [0.15, 0.2) is 36.4 Å². The molecular weight excluding hydrogens is 336 g/mol. The van der Waals surface area contributed by atoms with Crippen molar-refractivity contribution in [2.75, 3.05) is 6.54 Å². The molecule has 0 heterocycles. The molecule has 1 nitrogen and oxygen atoms in total. The molecule has 0 radical (unpaired) electrons. The smallest absolute Gasteiger partial charge is 0.0606 e. The van der Waals surface area contributed by atoms with Crippen LogP contribution in [-0.4, -0.2) is 6.54 Å². The van der Waals surface area contributed by atoms with Crippen molar-refractivity contribution in [3.63, 3.8) is 0 Å². The highest BCUT2D eigenvalue weighted by atomic mass is 35.5. The fourth-order valence-corrected chi connectivity index (χ4v) is 2.99. The first kappa shape index (κ1) is 15.9. The molecule has 2 aromatic carbocycles. The fraction of sp³-hybridized carbons (Fsp3) is 0.200. The Morgan fingerprint density at radius 3 is 2.10 bits per heavy atom. The number of nitrogens with one attached hydrogen (secondary N) is 1. The van der Waals surface area contributed by atoms with Crippen molar-refractivity contribution >= 4 is 46.4 Å². The van der Waals surface area contributed by atoms with Crippen molar-refractivity contribution < 1.29 is 0 Å². The second-order valence-corrected chi connectivity index (χ2v) is 5.93. The predicted octanol–water partition coefficient (Wildman–Crippen LogP) is 6.00. The minimum atomic E-state index is -0.129. The maximum Gasteiger partial charge on any atom is 0.0606 e. The van der Waals surface area contributed by atoms with E-state index < -0.39 is 0 Å². The van der Waals surface area contributed by atoms with Crippen LogP contribution in [0.1, 0.15) is 24.1 Å². The average molecular weight is 349 g/mol. The van der Waals surface area contributed by atoms with E-state index in [1.807, 2.05) is 37.3 Å². The van der Waals surface area contributed by atoms with Gasteiger partial charge in [-0.3, -0.25) is 0 Å². The van der Waals surface area contributed by atoms with Crippen LogP contribution in [0.2, 0.25) is 20.1 Å². The number of halogens is 4. The predicted molar refractivity (Wildman–Crippen MR) is 88.4 cm³/mol. The summed E-state index contributed by atoms with van der Waals surface area (Å²) in [6.07, 6.45) is 0. The Morgan fingerprint density at radius 2 is 1.55 bits per heavy atom. The van der Waals surface area contributed by atoms with Gasteiger partial charge in [-0.05, 0) is 36.4 Å². The Morgan fingerprint density at radius 1 is 0.900 bits per heavy atom. The summed E-state index contributed by atoms with van der Waals surface area (Å²) < 4.78 is 0. The quantitative estimate of drug-likeness (QED) is 0.714. The van der Waals surface area contributed by atoms with Crippen LogP contribution in [-0.2, 0) is 0 Å². The molecule has 0 saturated carbocycles. The third kappa shape index (κ3) is 3.41. The van der Waals surface area contributed by atoms with Crippen LogP contribution in [0.25, 0.3) is 0 Å². The molecular formula is C15H13Cl4N. The molecule has 2 rings (SSSR count). The minimum absolute atomic E-state index is 0.129. The third-order valence-corrected chi connectivity index (χ3v) is 4.37. The number of hydrogen-bond acceptors (Lipinski definition) is 1. The van der Waals surface area contributed by atoms with Gasteiger partial charge in [0, 0.05) is 15.6 Å². The van der Waals surface area contributed by atoms with Gasteiger partial charge in [0.25, 0.3) is 0 Å². The highest BCUT2D eigenvalue weighted by Crippen LogP contribution is 2.35. The van der Waals surface area contributed by atoms with Gasteiger partial charge in [-0.15, -0.1) is 0 Å². The van der Waals surface area contributed by atoms with Crippen LogP contribution in [0.4, 0.5) is 0 Å². The Kier molecular flexibility index (Phi) is 5.59. The molecule has 0 amide bonds. The van der Waals surface area contributed by atoms with Gasteiger partial charge in [-0.25, -0.2) is 0 Å². The molecule has 106 valence electrons. The Hall–Kier alpha value is -0.440. The Bertz CT molecular complexity index is 593. The van der Waals surface area contributed by atoms with E-state index in [0.717, 1.165) is 17.7 Å². The summed E-state index contributed by atoms with van der Waals surface area (Å²) in [5.74, 6) is 0. The number of hydrogen-bond donors (Lipinski definition) is 1. The minimum Gasteiger partial charge on any atom is -0.306 e. The number of rotatable bonds is 4. The Labute approximate surface area is 138 Å². The normalized spacial score (nSPS) is 12.4. The maximum atomic E-state index is 6.30. The molecule has 0 spiro atoms. The lowest BCUT2D eigenvalue weighted by atomic mass is 9.98. The van der Waals surface area contributed by atoms with Crippen molar-refractivity contribution in [3.05, 3.63) is 67.6 Å². The molecule has 0 aliphatic heterocycles. The lowest BCUT2D eigenvalue weighted by molar-refractivity contribution is 0.631. The zero-order valence-electron chi connectivity index (χ0n) is 10.8. The molecule has 0 aliphatic carbocycles. The van der Waals surface area contributed by atoms with Gasteiger partial charge >= 0.3 is 0 Å². The molecule has 2 aromatic rings. The van der Waals surface area contributed by atoms with Gasteiger partial charge in [0.1, 0.15) is 0 Å². The molecule has 0 saturated heterocycles. The van der Waals surface area contributed by atoms with E-state index in [-0.39, 0.29) is 6.04 Å². The van der Waals surface area contributed by atoms with Crippen LogP contribution in [0, 0.1) is 0 Å². The van der Waals surface area contributed by atoms with Gasteiger partial charge in [0.05, 0.1) is 16.1 Å². The van der Waals surface area contributed by atoms with E-state index in [4.69, 9.17) is 46.4 Å². The van der Waals surface area contributed by atoms with Crippen molar-refractivity contribution in [2.45, 2.75) is 13.0 Å². The molecule has 5 heteroatoms. The lowest BCUT2D eigenvalue weighted by Gasteiger charge is -2.21. The average Bonchev–Trinajstić information content (AvgIpc) is 2.41. The second-order valence-electron chi connectivity index (χ2n) is 4.30. The van der Waals surface area contributed by atoms with Gasteiger partial charge < -0.3 is 5.32 Å². The SMILES string of the molecule is CCNC(c1ccc(Cl)c(Cl)c1)c1c(Cl)cccc1Cl. The molecule has 0 bridgehead atoms. The topological polar surface area (TPSA) is 12.0 Å². The lowest BCUT2D eigenvalue weighted by Crippen LogP contribution is -2.22. The van der Waals surface area contributed by atoms with Crippen LogP contribution >= 0.6 is 46.4 Å². The first-order chi connectivity index (χ1) is 9.54. The summed E-state index contributed by atoms with van der Waals surface area (Å²) in [5.41, 5.74) is 1.81. The largest absolute Gasteiger partial charge is 0.306 e. The first-order valence-electron chi connectivity index (χ1n) is 6.16. The van der Waals surface area contributed by atoms with E-state index in [9.17, 15) is 0 Å². The first-order valence-corrected chi connectivity index (χ1v) is 7.68. The summed E-state index contributed by atoms with van der Waals surface area (Å²) in [6.45, 7) is 2.79. The molecule has 0 fully saturated rings. The van der Waals surface area contributed by atoms with Crippen molar-refractivity contribution in [2.24, 2.45) is 0 Å². The highest BCUT2D eigenvalue weighted by molar-refractivity contribution is 6.42. The van der Waals surface area contributed by atoms with Gasteiger partial charge in [-0.2, -0.15) is 0 Å². The third-order valence-electron chi connectivity index (χ3n) is 2.97. The molecule has 1 atom stereocenters. The summed E-state index contributed by atoms with van der Waals surface area (Å²) in [6, 6.07) is 10.9. The van der Waals surface area contributed by atoms with E-state index in [1.54, 1.807) is 6.07 Å². The van der Waals surface area contributed by atoms with E-state index in [2.05, 4.69) is 5.32 Å². The van der Waals surface area contributed by atoms with Crippen LogP contribution in [0.5, 0.6) is 0 Å². The second kappa shape index (κ2) is 7.02. The molecule has 20 heavy (non-hydrogen) atoms. The maximum absolute atomic E-state index is 6.30. The van der Waals surface area contributed by atoms with Crippen molar-refractivity contribution in [1.29, 1.82) is 0 Å². The zero-order chi connectivity index (χ0) is 14.7. The van der Waals surface area contributed by atoms with Crippen molar-refractivity contribution in [3.8, 4) is 0 Å². The summed E-state index contributed by atoms with van der Waals surface area (Å²) in [4.78, 5) is 0. The van der Waals surface area contributed by atoms with Crippen LogP contribution in [0.3, 0.4) is 0 Å². The molecule has 1 unspecified atom stereocenters. The summed E-state index contributed by atoms with van der Waals surface area (Å²) in [7, 11) is 0. The Balaban J connectivity index is 2.53.